The molecule has 0 saturated heterocycles. The van der Waals surface area contributed by atoms with Crippen LogP contribution in [0.5, 0.6) is 11.8 Å². The van der Waals surface area contributed by atoms with Gasteiger partial charge in [-0.2, -0.15) is 5.10 Å². The highest BCUT2D eigenvalue weighted by atomic mass is 16.5. The van der Waals surface area contributed by atoms with Gasteiger partial charge in [-0.15, -0.1) is 0 Å². The van der Waals surface area contributed by atoms with E-state index in [1.807, 2.05) is 19.1 Å². The molecule has 0 unspecified atom stereocenters. The van der Waals surface area contributed by atoms with Crippen molar-refractivity contribution in [2.45, 2.75) is 26.2 Å². The molecule has 0 radical (unpaired) electrons. The summed E-state index contributed by atoms with van der Waals surface area (Å²) in [5.41, 5.74) is 9.23. The van der Waals surface area contributed by atoms with E-state index in [0.29, 0.717) is 17.3 Å². The summed E-state index contributed by atoms with van der Waals surface area (Å²) in [4.78, 5) is 4.53. The van der Waals surface area contributed by atoms with Crippen LogP contribution in [0.25, 0.3) is 0 Å². The fourth-order valence-electron chi connectivity index (χ4n) is 2.55. The van der Waals surface area contributed by atoms with Gasteiger partial charge in [-0.05, 0) is 37.8 Å². The van der Waals surface area contributed by atoms with Gasteiger partial charge in [-0.25, -0.2) is 9.67 Å². The van der Waals surface area contributed by atoms with E-state index in [9.17, 15) is 0 Å². The molecular formula is C14H17N5O2. The summed E-state index contributed by atoms with van der Waals surface area (Å²) in [5, 5.41) is 16.2. The highest BCUT2D eigenvalue weighted by Crippen LogP contribution is 2.29. The minimum absolute atomic E-state index is 0.00825. The monoisotopic (exact) mass is 287 g/mol. The van der Waals surface area contributed by atoms with Gasteiger partial charge in [0, 0.05) is 18.8 Å². The predicted molar refractivity (Wildman–Crippen MR) is 76.8 cm³/mol. The first-order valence-corrected chi connectivity index (χ1v) is 6.77. The first kappa shape index (κ1) is 13.4. The van der Waals surface area contributed by atoms with Crippen molar-refractivity contribution in [2.75, 3.05) is 0 Å². The van der Waals surface area contributed by atoms with Gasteiger partial charge in [-0.1, -0.05) is 5.16 Å². The van der Waals surface area contributed by atoms with E-state index in [-0.39, 0.29) is 5.84 Å². The molecule has 2 heterocycles. The van der Waals surface area contributed by atoms with Crippen molar-refractivity contribution in [2.24, 2.45) is 17.9 Å². The Bertz CT molecular complexity index is 720. The van der Waals surface area contributed by atoms with Gasteiger partial charge in [0.25, 0.3) is 0 Å². The Morgan fingerprint density at radius 2 is 2.24 bits per heavy atom. The van der Waals surface area contributed by atoms with E-state index in [1.165, 1.54) is 0 Å². The zero-order chi connectivity index (χ0) is 15.0. The highest BCUT2D eigenvalue weighted by Gasteiger charge is 2.20. The smallest absolute Gasteiger partial charge is 0.232 e. The van der Waals surface area contributed by atoms with E-state index < -0.39 is 0 Å². The van der Waals surface area contributed by atoms with Crippen LogP contribution >= 0.6 is 0 Å². The minimum Gasteiger partial charge on any atom is -0.420 e. The van der Waals surface area contributed by atoms with Gasteiger partial charge in [0.15, 0.2) is 5.84 Å². The fourth-order valence-corrected chi connectivity index (χ4v) is 2.55. The Morgan fingerprint density at radius 1 is 1.43 bits per heavy atom. The number of hydrogen-bond acceptors (Lipinski definition) is 5. The lowest BCUT2D eigenvalue weighted by Gasteiger charge is -2.11. The van der Waals surface area contributed by atoms with Gasteiger partial charge in [0.05, 0.1) is 11.3 Å². The zero-order valence-electron chi connectivity index (χ0n) is 12.0. The van der Waals surface area contributed by atoms with Gasteiger partial charge in [0.1, 0.15) is 0 Å². The summed E-state index contributed by atoms with van der Waals surface area (Å²) >= 11 is 0. The average molecular weight is 287 g/mol. The average Bonchev–Trinajstić information content (AvgIpc) is 3.03. The van der Waals surface area contributed by atoms with Crippen LogP contribution in [0, 0.1) is 6.92 Å². The molecule has 0 fully saturated rings. The first-order valence-electron chi connectivity index (χ1n) is 6.77. The van der Waals surface area contributed by atoms with Crippen LogP contribution in [-0.4, -0.2) is 25.8 Å². The van der Waals surface area contributed by atoms with Crippen molar-refractivity contribution in [3.8, 4) is 11.8 Å². The minimum atomic E-state index is -0.00825. The number of aromatic nitrogens is 3. The molecule has 0 saturated carbocycles. The number of nitrogens with zero attached hydrogens (tertiary/aromatic N) is 4. The number of nitrogens with two attached hydrogens (primary N) is 1. The Hall–Kier alpha value is -2.57. The standard InChI is InChI=1S/C14H17N5O2/c1-8-6-12(19(2)17-8)21-14-10(13(15)18-20)7-9-4-3-5-11(9)16-14/h6-7,20H,3-5H2,1-2H3,(H2,15,18). The van der Waals surface area contributed by atoms with Crippen molar-refractivity contribution in [3.05, 3.63) is 34.6 Å². The number of aryl methyl sites for hydroxylation is 4. The maximum Gasteiger partial charge on any atom is 0.232 e. The Balaban J connectivity index is 2.06. The van der Waals surface area contributed by atoms with E-state index >= 15 is 0 Å². The summed E-state index contributed by atoms with van der Waals surface area (Å²) in [5.74, 6) is 0.893. The molecule has 3 N–H and O–H groups in total. The van der Waals surface area contributed by atoms with Crippen LogP contribution in [0.3, 0.4) is 0 Å². The molecule has 1 aliphatic rings. The largest absolute Gasteiger partial charge is 0.420 e. The number of pyridine rings is 1. The Kier molecular flexibility index (Phi) is 3.25. The van der Waals surface area contributed by atoms with Crippen molar-refractivity contribution in [1.29, 1.82) is 0 Å². The molecule has 7 heteroatoms. The van der Waals surface area contributed by atoms with Crippen molar-refractivity contribution in [3.63, 3.8) is 0 Å². The Labute approximate surface area is 122 Å². The molecule has 2 aromatic rings. The third kappa shape index (κ3) is 2.42. The lowest BCUT2D eigenvalue weighted by atomic mass is 10.1. The third-order valence-electron chi connectivity index (χ3n) is 3.56. The summed E-state index contributed by atoms with van der Waals surface area (Å²) in [6.45, 7) is 1.88. The topological polar surface area (TPSA) is 98.5 Å². The summed E-state index contributed by atoms with van der Waals surface area (Å²) in [6.07, 6.45) is 2.94. The predicted octanol–water partition coefficient (Wildman–Crippen LogP) is 1.50. The first-order chi connectivity index (χ1) is 10.1. The molecule has 7 nitrogen and oxygen atoms in total. The molecule has 110 valence electrons. The third-order valence-corrected chi connectivity index (χ3v) is 3.56. The fraction of sp³-hybridized carbons (Fsp3) is 0.357. The maximum absolute atomic E-state index is 8.95. The zero-order valence-corrected chi connectivity index (χ0v) is 12.0. The number of rotatable bonds is 3. The van der Waals surface area contributed by atoms with Crippen LogP contribution in [-0.2, 0) is 19.9 Å². The van der Waals surface area contributed by atoms with Crippen molar-refractivity contribution < 1.29 is 9.94 Å². The number of oxime groups is 1. The lowest BCUT2D eigenvalue weighted by molar-refractivity contribution is 0.318. The van der Waals surface area contributed by atoms with Crippen molar-refractivity contribution >= 4 is 5.84 Å². The highest BCUT2D eigenvalue weighted by molar-refractivity contribution is 5.99. The number of hydrogen-bond donors (Lipinski definition) is 2. The Morgan fingerprint density at radius 3 is 2.90 bits per heavy atom. The summed E-state index contributed by atoms with van der Waals surface area (Å²) < 4.78 is 7.45. The van der Waals surface area contributed by atoms with Gasteiger partial charge < -0.3 is 15.7 Å². The van der Waals surface area contributed by atoms with Crippen LogP contribution < -0.4 is 10.5 Å². The second-order valence-corrected chi connectivity index (χ2v) is 5.14. The van der Waals surface area contributed by atoms with Crippen LogP contribution in [0.1, 0.15) is 28.9 Å². The van der Waals surface area contributed by atoms with Crippen LogP contribution in [0.4, 0.5) is 0 Å². The maximum atomic E-state index is 8.95. The van der Waals surface area contributed by atoms with E-state index in [4.69, 9.17) is 15.7 Å². The lowest BCUT2D eigenvalue weighted by Crippen LogP contribution is -2.16. The molecular weight excluding hydrogens is 270 g/mol. The molecule has 3 rings (SSSR count). The number of fused-ring (bicyclic) bond motifs is 1. The summed E-state index contributed by atoms with van der Waals surface area (Å²) in [7, 11) is 1.79. The van der Waals surface area contributed by atoms with Crippen LogP contribution in [0.2, 0.25) is 0 Å². The molecule has 21 heavy (non-hydrogen) atoms. The molecule has 0 atom stereocenters. The summed E-state index contributed by atoms with van der Waals surface area (Å²) in [6, 6.07) is 3.70. The van der Waals surface area contributed by atoms with Gasteiger partial charge in [0.2, 0.25) is 11.8 Å². The molecule has 0 spiro atoms. The quantitative estimate of drug-likeness (QED) is 0.386. The van der Waals surface area contributed by atoms with Crippen LogP contribution in [0.15, 0.2) is 17.3 Å². The molecule has 0 bridgehead atoms. The van der Waals surface area contributed by atoms with E-state index in [1.54, 1.807) is 11.7 Å². The molecule has 2 aromatic heterocycles. The number of amidine groups is 1. The normalized spacial score (nSPS) is 14.3. The molecule has 1 aliphatic carbocycles. The number of ether oxygens (including phenoxy) is 1. The molecule has 0 aliphatic heterocycles. The second kappa shape index (κ2) is 5.08. The van der Waals surface area contributed by atoms with Gasteiger partial charge in [-0.3, -0.25) is 0 Å². The SMILES string of the molecule is Cc1cc(Oc2nc3c(cc2/C(N)=N/O)CCC3)n(C)n1. The molecule has 0 amide bonds. The van der Waals surface area contributed by atoms with Gasteiger partial charge >= 0.3 is 0 Å². The van der Waals surface area contributed by atoms with E-state index in [0.717, 1.165) is 36.2 Å². The second-order valence-electron chi connectivity index (χ2n) is 5.14. The molecule has 0 aromatic carbocycles. The van der Waals surface area contributed by atoms with Crippen molar-refractivity contribution in [1.82, 2.24) is 14.8 Å². The van der Waals surface area contributed by atoms with E-state index in [2.05, 4.69) is 15.2 Å².